The van der Waals surface area contributed by atoms with E-state index in [0.717, 1.165) is 38.5 Å². The topological polar surface area (TPSA) is 71.1 Å². The fourth-order valence-electron chi connectivity index (χ4n) is 7.42. The molecule has 2 aromatic rings. The van der Waals surface area contributed by atoms with Crippen molar-refractivity contribution in [2.75, 3.05) is 21.3 Å². The van der Waals surface area contributed by atoms with Crippen molar-refractivity contribution < 1.29 is 28.5 Å². The summed E-state index contributed by atoms with van der Waals surface area (Å²) < 4.78 is 22.2. The number of rotatable bonds is 6. The first-order chi connectivity index (χ1) is 17.3. The van der Waals surface area contributed by atoms with Gasteiger partial charge in [-0.2, -0.15) is 0 Å². The highest BCUT2D eigenvalue weighted by Gasteiger charge is 2.56. The summed E-state index contributed by atoms with van der Waals surface area (Å²) in [4.78, 5) is 25.4. The van der Waals surface area contributed by atoms with Crippen molar-refractivity contribution >= 4 is 11.8 Å². The lowest BCUT2D eigenvalue weighted by atomic mass is 9.55. The average Bonchev–Trinajstić information content (AvgIpc) is 3.22. The van der Waals surface area contributed by atoms with Gasteiger partial charge in [-0.25, -0.2) is 0 Å². The average molecular weight is 493 g/mol. The SMILES string of the molecule is COc1ccc(C(=O)c2cc3c(cc2OC)CC[C@@H]2[C@@H]3CC[C@]3(C)[C@@H](OC(C)=O)CC[C@@H]23)cc1OC. The molecular weight excluding hydrogens is 456 g/mol. The molecule has 0 saturated heterocycles. The molecule has 0 heterocycles. The monoisotopic (exact) mass is 492 g/mol. The Morgan fingerprint density at radius 2 is 1.64 bits per heavy atom. The Hall–Kier alpha value is -3.02. The van der Waals surface area contributed by atoms with Crippen molar-refractivity contribution in [3.63, 3.8) is 0 Å². The number of hydrogen-bond acceptors (Lipinski definition) is 6. The largest absolute Gasteiger partial charge is 0.496 e. The molecule has 0 spiro atoms. The predicted octanol–water partition coefficient (Wildman–Crippen LogP) is 5.73. The number of esters is 1. The van der Waals surface area contributed by atoms with Gasteiger partial charge >= 0.3 is 5.97 Å². The fraction of sp³-hybridized carbons (Fsp3) is 0.533. The van der Waals surface area contributed by atoms with Crippen LogP contribution >= 0.6 is 0 Å². The van der Waals surface area contributed by atoms with E-state index < -0.39 is 0 Å². The number of carbonyl (C=O) groups is 2. The molecule has 0 aliphatic heterocycles. The van der Waals surface area contributed by atoms with Crippen LogP contribution in [-0.4, -0.2) is 39.2 Å². The van der Waals surface area contributed by atoms with Crippen LogP contribution in [0.15, 0.2) is 30.3 Å². The molecule has 0 unspecified atom stereocenters. The fourth-order valence-corrected chi connectivity index (χ4v) is 7.42. The molecule has 36 heavy (non-hydrogen) atoms. The first kappa shape index (κ1) is 24.7. The van der Waals surface area contributed by atoms with Crippen molar-refractivity contribution in [2.45, 2.75) is 64.4 Å². The second-order valence-corrected chi connectivity index (χ2v) is 10.8. The summed E-state index contributed by atoms with van der Waals surface area (Å²) >= 11 is 0. The predicted molar refractivity (Wildman–Crippen MR) is 136 cm³/mol. The van der Waals surface area contributed by atoms with E-state index in [2.05, 4.69) is 19.1 Å². The number of hydrogen-bond donors (Lipinski definition) is 0. The van der Waals surface area contributed by atoms with Crippen LogP contribution in [0, 0.1) is 17.3 Å². The number of ether oxygens (including phenoxy) is 4. The Kier molecular flexibility index (Phi) is 6.48. The maximum atomic E-state index is 13.7. The third-order valence-electron chi connectivity index (χ3n) is 9.16. The van der Waals surface area contributed by atoms with E-state index in [9.17, 15) is 9.59 Å². The normalized spacial score (nSPS) is 28.4. The van der Waals surface area contributed by atoms with Gasteiger partial charge in [-0.05, 0) is 97.7 Å². The first-order valence-corrected chi connectivity index (χ1v) is 13.0. The van der Waals surface area contributed by atoms with Crippen LogP contribution in [0.4, 0.5) is 0 Å². The maximum Gasteiger partial charge on any atom is 0.302 e. The summed E-state index contributed by atoms with van der Waals surface area (Å²) in [6.45, 7) is 3.84. The second-order valence-electron chi connectivity index (χ2n) is 10.8. The standard InChI is InChI=1S/C30H36O6/c1-17(31)36-28-11-9-24-21-8-6-18-14-26(34-4)23(16-22(18)20(21)12-13-30(24,28)2)29(32)19-7-10-25(33-3)27(15-19)35-5/h7,10,14-16,20-21,24,28H,6,8-9,11-13H2,1-5H3/t20-,21+,24-,28-,30-/m0/s1. The second kappa shape index (κ2) is 9.45. The van der Waals surface area contributed by atoms with Crippen LogP contribution in [0.3, 0.4) is 0 Å². The third-order valence-corrected chi connectivity index (χ3v) is 9.16. The molecule has 5 atom stereocenters. The van der Waals surface area contributed by atoms with Gasteiger partial charge in [0.1, 0.15) is 11.9 Å². The van der Waals surface area contributed by atoms with Gasteiger partial charge in [-0.1, -0.05) is 6.92 Å². The molecule has 0 aromatic heterocycles. The minimum Gasteiger partial charge on any atom is -0.496 e. The van der Waals surface area contributed by atoms with Gasteiger partial charge in [-0.3, -0.25) is 9.59 Å². The molecular formula is C30H36O6. The van der Waals surface area contributed by atoms with E-state index >= 15 is 0 Å². The molecule has 0 amide bonds. The Balaban J connectivity index is 1.49. The quantitative estimate of drug-likeness (QED) is 0.379. The van der Waals surface area contributed by atoms with Crippen molar-refractivity contribution in [3.8, 4) is 17.2 Å². The summed E-state index contributed by atoms with van der Waals surface area (Å²) in [5.74, 6) is 2.93. The van der Waals surface area contributed by atoms with Gasteiger partial charge in [-0.15, -0.1) is 0 Å². The molecule has 3 aliphatic rings. The van der Waals surface area contributed by atoms with E-state index in [1.54, 1.807) is 39.5 Å². The molecule has 2 aromatic carbocycles. The zero-order valence-corrected chi connectivity index (χ0v) is 21.9. The highest BCUT2D eigenvalue weighted by atomic mass is 16.5. The minimum atomic E-state index is -0.177. The molecule has 192 valence electrons. The highest BCUT2D eigenvalue weighted by molar-refractivity contribution is 6.11. The Bertz CT molecular complexity index is 1190. The smallest absolute Gasteiger partial charge is 0.302 e. The number of ketones is 1. The van der Waals surface area contributed by atoms with Crippen LogP contribution in [-0.2, 0) is 16.0 Å². The Labute approximate surface area is 213 Å². The van der Waals surface area contributed by atoms with Crippen LogP contribution in [0.5, 0.6) is 17.2 Å². The Morgan fingerprint density at radius 3 is 2.33 bits per heavy atom. The first-order valence-electron chi connectivity index (χ1n) is 13.0. The number of carbonyl (C=O) groups excluding carboxylic acids is 2. The molecule has 2 saturated carbocycles. The van der Waals surface area contributed by atoms with E-state index in [0.29, 0.717) is 46.1 Å². The number of aryl methyl sites for hydroxylation is 1. The number of methoxy groups -OCH3 is 3. The molecule has 3 aliphatic carbocycles. The van der Waals surface area contributed by atoms with E-state index in [-0.39, 0.29) is 23.3 Å². The van der Waals surface area contributed by atoms with E-state index in [4.69, 9.17) is 18.9 Å². The van der Waals surface area contributed by atoms with E-state index in [1.807, 2.05) is 0 Å². The summed E-state index contributed by atoms with van der Waals surface area (Å²) in [6, 6.07) is 9.41. The lowest BCUT2D eigenvalue weighted by molar-refractivity contribution is -0.154. The van der Waals surface area contributed by atoms with Gasteiger partial charge in [0.2, 0.25) is 0 Å². The van der Waals surface area contributed by atoms with E-state index in [1.165, 1.54) is 18.1 Å². The lowest BCUT2D eigenvalue weighted by Crippen LogP contribution is -2.45. The van der Waals surface area contributed by atoms with Crippen LogP contribution in [0.1, 0.15) is 78.9 Å². The molecule has 6 nitrogen and oxygen atoms in total. The summed E-state index contributed by atoms with van der Waals surface area (Å²) in [7, 11) is 4.77. The molecule has 6 heteroatoms. The van der Waals surface area contributed by atoms with Crippen molar-refractivity contribution in [3.05, 3.63) is 52.6 Å². The van der Waals surface area contributed by atoms with Crippen LogP contribution in [0.2, 0.25) is 0 Å². The van der Waals surface area contributed by atoms with Gasteiger partial charge in [0, 0.05) is 17.9 Å². The lowest BCUT2D eigenvalue weighted by Gasteiger charge is -2.50. The highest BCUT2D eigenvalue weighted by Crippen LogP contribution is 2.61. The Morgan fingerprint density at radius 1 is 0.889 bits per heavy atom. The molecule has 5 rings (SSSR count). The summed E-state index contributed by atoms with van der Waals surface area (Å²) in [6.07, 6.45) is 6.22. The molecule has 0 N–H and O–H groups in total. The minimum absolute atomic E-state index is 0.0143. The summed E-state index contributed by atoms with van der Waals surface area (Å²) in [5.41, 5.74) is 3.73. The zero-order chi connectivity index (χ0) is 25.6. The van der Waals surface area contributed by atoms with Crippen LogP contribution < -0.4 is 14.2 Å². The van der Waals surface area contributed by atoms with Gasteiger partial charge < -0.3 is 18.9 Å². The van der Waals surface area contributed by atoms with Gasteiger partial charge in [0.25, 0.3) is 0 Å². The molecule has 0 radical (unpaired) electrons. The van der Waals surface area contributed by atoms with Gasteiger partial charge in [0.15, 0.2) is 17.3 Å². The van der Waals surface area contributed by atoms with Crippen molar-refractivity contribution in [1.82, 2.24) is 0 Å². The molecule has 2 fully saturated rings. The maximum absolute atomic E-state index is 13.7. The summed E-state index contributed by atoms with van der Waals surface area (Å²) in [5, 5.41) is 0. The zero-order valence-electron chi connectivity index (χ0n) is 21.9. The molecule has 0 bridgehead atoms. The number of fused-ring (bicyclic) bond motifs is 5. The number of benzene rings is 2. The van der Waals surface area contributed by atoms with Gasteiger partial charge in [0.05, 0.1) is 26.9 Å². The van der Waals surface area contributed by atoms with Crippen molar-refractivity contribution in [2.24, 2.45) is 17.3 Å². The van der Waals surface area contributed by atoms with Crippen molar-refractivity contribution in [1.29, 1.82) is 0 Å². The third kappa shape index (κ3) is 3.95. The van der Waals surface area contributed by atoms with Crippen LogP contribution in [0.25, 0.3) is 0 Å².